The fraction of sp³-hybridized carbons (Fsp3) is 0.905. The van der Waals surface area contributed by atoms with Gasteiger partial charge in [-0.25, -0.2) is 4.99 Å². The number of rotatable bonds is 18. The van der Waals surface area contributed by atoms with Crippen LogP contribution in [0.4, 0.5) is 0 Å². The Morgan fingerprint density at radius 3 is 1.61 bits per heavy atom. The molecule has 0 saturated carbocycles. The van der Waals surface area contributed by atoms with Crippen LogP contribution in [0.1, 0.15) is 110 Å². The molecule has 164 valence electrons. The van der Waals surface area contributed by atoms with Crippen molar-refractivity contribution in [2.75, 3.05) is 0 Å². The van der Waals surface area contributed by atoms with Crippen LogP contribution in [0.25, 0.3) is 0 Å². The van der Waals surface area contributed by atoms with Gasteiger partial charge in [0.25, 0.3) is 0 Å². The number of halogens is 3. The van der Waals surface area contributed by atoms with Crippen LogP contribution in [0.3, 0.4) is 0 Å². The van der Waals surface area contributed by atoms with Gasteiger partial charge in [0, 0.05) is 6.42 Å². The molecule has 0 aliphatic carbocycles. The minimum absolute atomic E-state index is 0.181. The summed E-state index contributed by atoms with van der Waals surface area (Å²) in [6, 6.07) is 0. The quantitative estimate of drug-likeness (QED) is 0.0947. The molecule has 3 nitrogen and oxygen atoms in total. The van der Waals surface area contributed by atoms with Crippen molar-refractivity contribution >= 4 is 58.1 Å². The zero-order valence-corrected chi connectivity index (χ0v) is 20.4. The zero-order chi connectivity index (χ0) is 21.1. The lowest BCUT2D eigenvalue weighted by atomic mass is 10.0. The van der Waals surface area contributed by atoms with Gasteiger partial charge in [-0.05, 0) is 18.6 Å². The van der Waals surface area contributed by atoms with Gasteiger partial charge in [-0.3, -0.25) is 4.79 Å². The molecule has 0 radical (unpaired) electrons. The Balaban J connectivity index is 3.45. The monoisotopic (exact) mass is 470 g/mol. The number of hydrogen-bond donors (Lipinski definition) is 1. The van der Waals surface area contributed by atoms with Gasteiger partial charge < -0.3 is 5.32 Å². The summed E-state index contributed by atoms with van der Waals surface area (Å²) in [6.45, 7) is 2.26. The summed E-state index contributed by atoms with van der Waals surface area (Å²) in [5, 5.41) is 4.72. The Kier molecular flexibility index (Phi) is 19.2. The van der Waals surface area contributed by atoms with Crippen molar-refractivity contribution in [3.05, 3.63) is 0 Å². The van der Waals surface area contributed by atoms with Crippen LogP contribution >= 0.6 is 47.0 Å². The van der Waals surface area contributed by atoms with Gasteiger partial charge in [0.1, 0.15) is 0 Å². The molecule has 0 spiro atoms. The normalized spacial score (nSPS) is 12.4. The summed E-state index contributed by atoms with van der Waals surface area (Å²) in [4.78, 5) is 15.6. The molecule has 0 aromatic carbocycles. The molecule has 0 heterocycles. The highest BCUT2D eigenvalue weighted by Crippen LogP contribution is 2.30. The number of thiocarbonyl (C=S) groups is 1. The molecule has 0 rings (SSSR count). The second-order valence-electron chi connectivity index (χ2n) is 7.43. The lowest BCUT2D eigenvalue weighted by Gasteiger charge is -2.20. The first-order chi connectivity index (χ1) is 13.4. The van der Waals surface area contributed by atoms with Crippen molar-refractivity contribution in [3.8, 4) is 0 Å². The van der Waals surface area contributed by atoms with E-state index in [1.54, 1.807) is 0 Å². The smallest absolute Gasteiger partial charge is 0.231 e. The molecule has 0 saturated heterocycles. The zero-order valence-electron chi connectivity index (χ0n) is 17.3. The Labute approximate surface area is 192 Å². The molecule has 0 bridgehead atoms. The van der Waals surface area contributed by atoms with E-state index in [4.69, 9.17) is 34.8 Å². The second kappa shape index (κ2) is 19.1. The van der Waals surface area contributed by atoms with Crippen LogP contribution in [0.5, 0.6) is 0 Å². The Bertz CT molecular complexity index is 438. The molecule has 0 aliphatic heterocycles. The molecule has 1 amide bonds. The highest BCUT2D eigenvalue weighted by atomic mass is 35.6. The van der Waals surface area contributed by atoms with E-state index in [2.05, 4.69) is 34.6 Å². The van der Waals surface area contributed by atoms with E-state index in [9.17, 15) is 4.79 Å². The fourth-order valence-electron chi connectivity index (χ4n) is 3.12. The third-order valence-corrected chi connectivity index (χ3v) is 5.52. The number of carbonyl (C=O) groups is 1. The maximum absolute atomic E-state index is 11.9. The van der Waals surface area contributed by atoms with Crippen LogP contribution in [-0.4, -0.2) is 21.0 Å². The number of amides is 1. The maximum atomic E-state index is 11.9. The second-order valence-corrected chi connectivity index (χ2v) is 9.98. The average molecular weight is 472 g/mol. The van der Waals surface area contributed by atoms with Gasteiger partial charge >= 0.3 is 0 Å². The van der Waals surface area contributed by atoms with Crippen LogP contribution in [0, 0.1) is 0 Å². The van der Waals surface area contributed by atoms with E-state index in [0.717, 1.165) is 19.3 Å². The van der Waals surface area contributed by atoms with Gasteiger partial charge in [0.05, 0.1) is 5.16 Å². The third kappa shape index (κ3) is 18.2. The predicted octanol–water partition coefficient (Wildman–Crippen LogP) is 8.16. The first-order valence-electron chi connectivity index (χ1n) is 10.8. The van der Waals surface area contributed by atoms with Crippen molar-refractivity contribution in [2.24, 2.45) is 4.99 Å². The largest absolute Gasteiger partial charge is 0.330 e. The molecule has 7 heteroatoms. The van der Waals surface area contributed by atoms with Crippen LogP contribution in [-0.2, 0) is 4.79 Å². The summed E-state index contributed by atoms with van der Waals surface area (Å²) in [5.41, 5.74) is 0. The number of nitrogens with zero attached hydrogens (tertiary/aromatic N) is 1. The number of alkyl halides is 3. The summed E-state index contributed by atoms with van der Waals surface area (Å²) in [6.07, 6.45) is 18.8. The molecule has 0 aromatic rings. The SMILES string of the molecule is CCCCCCCCCCCCCCCCCC(=O)N[C@@H](N=C=S)C(Cl)(Cl)Cl. The van der Waals surface area contributed by atoms with E-state index in [-0.39, 0.29) is 5.91 Å². The van der Waals surface area contributed by atoms with Crippen LogP contribution in [0.2, 0.25) is 0 Å². The van der Waals surface area contributed by atoms with Gasteiger partial charge in [-0.2, -0.15) is 0 Å². The number of carbonyl (C=O) groups excluding carboxylic acids is 1. The molecular formula is C21H37Cl3N2OS. The number of nitrogens with one attached hydrogen (secondary N) is 1. The van der Waals surface area contributed by atoms with Crippen molar-refractivity contribution in [1.29, 1.82) is 0 Å². The molecular weight excluding hydrogens is 435 g/mol. The van der Waals surface area contributed by atoms with Crippen LogP contribution in [0.15, 0.2) is 4.99 Å². The molecule has 28 heavy (non-hydrogen) atoms. The highest BCUT2D eigenvalue weighted by molar-refractivity contribution is 7.78. The van der Waals surface area contributed by atoms with E-state index < -0.39 is 9.96 Å². The lowest BCUT2D eigenvalue weighted by molar-refractivity contribution is -0.121. The third-order valence-electron chi connectivity index (χ3n) is 4.80. The number of unbranched alkanes of at least 4 members (excludes halogenated alkanes) is 14. The van der Waals surface area contributed by atoms with Gasteiger partial charge in [0.15, 0.2) is 6.17 Å². The predicted molar refractivity (Wildman–Crippen MR) is 127 cm³/mol. The van der Waals surface area contributed by atoms with Gasteiger partial charge in [-0.15, -0.1) is 0 Å². The minimum atomic E-state index is -1.73. The highest BCUT2D eigenvalue weighted by Gasteiger charge is 2.33. The first kappa shape index (κ1) is 28.1. The van der Waals surface area contributed by atoms with Gasteiger partial charge in [0.2, 0.25) is 9.70 Å². The molecule has 0 unspecified atom stereocenters. The Hall–Kier alpha value is 0.140. The number of hydrogen-bond acceptors (Lipinski definition) is 3. The van der Waals surface area contributed by atoms with Gasteiger partial charge in [-0.1, -0.05) is 132 Å². The fourth-order valence-corrected chi connectivity index (χ4v) is 3.54. The van der Waals surface area contributed by atoms with Crippen molar-refractivity contribution < 1.29 is 4.79 Å². The molecule has 1 N–H and O–H groups in total. The van der Waals surface area contributed by atoms with E-state index in [0.29, 0.717) is 6.42 Å². The van der Waals surface area contributed by atoms with E-state index in [1.807, 2.05) is 0 Å². The lowest BCUT2D eigenvalue weighted by Crippen LogP contribution is -2.42. The number of aliphatic imine (C=N–C) groups is 1. The molecule has 0 aromatic heterocycles. The van der Waals surface area contributed by atoms with Crippen molar-refractivity contribution in [2.45, 2.75) is 120 Å². The summed E-state index contributed by atoms with van der Waals surface area (Å²) < 4.78 is -1.73. The Morgan fingerprint density at radius 1 is 0.857 bits per heavy atom. The van der Waals surface area contributed by atoms with Crippen molar-refractivity contribution in [3.63, 3.8) is 0 Å². The molecule has 0 aliphatic rings. The number of isothiocyanates is 1. The summed E-state index contributed by atoms with van der Waals surface area (Å²) >= 11 is 21.8. The molecule has 0 fully saturated rings. The minimum Gasteiger partial charge on any atom is -0.330 e. The average Bonchev–Trinajstić information content (AvgIpc) is 2.63. The topological polar surface area (TPSA) is 41.5 Å². The summed E-state index contributed by atoms with van der Waals surface area (Å²) in [5.74, 6) is -0.181. The van der Waals surface area contributed by atoms with Crippen molar-refractivity contribution in [1.82, 2.24) is 5.32 Å². The Morgan fingerprint density at radius 2 is 1.25 bits per heavy atom. The van der Waals surface area contributed by atoms with Crippen LogP contribution < -0.4 is 5.32 Å². The summed E-state index contributed by atoms with van der Waals surface area (Å²) in [7, 11) is 0. The first-order valence-corrected chi connectivity index (χ1v) is 12.4. The van der Waals surface area contributed by atoms with E-state index in [1.165, 1.54) is 77.0 Å². The van der Waals surface area contributed by atoms with E-state index >= 15 is 0 Å². The standard InChI is InChI=1S/C21H37Cl3N2OS/c1-2-3-4-5-6-7-8-9-10-11-12-13-14-15-16-17-19(27)26-20(25-18-28)21(22,23)24/h20H,2-17H2,1H3,(H,26,27)/t20-/m1/s1. The molecule has 1 atom stereocenters. The maximum Gasteiger partial charge on any atom is 0.231 e.